The molecule has 2 aliphatic heterocycles. The van der Waals surface area contributed by atoms with E-state index in [1.807, 2.05) is 4.90 Å². The van der Waals surface area contributed by atoms with Crippen LogP contribution in [0.25, 0.3) is 0 Å². The Bertz CT molecular complexity index is 955. The molecule has 0 spiro atoms. The summed E-state index contributed by atoms with van der Waals surface area (Å²) in [4.78, 5) is 50.8. The molecule has 0 saturated carbocycles. The first-order chi connectivity index (χ1) is 16.6. The summed E-state index contributed by atoms with van der Waals surface area (Å²) in [5.41, 5.74) is 0.700. The molecule has 1 aromatic rings. The molecule has 35 heavy (non-hydrogen) atoms. The van der Waals surface area contributed by atoms with E-state index in [2.05, 4.69) is 5.32 Å². The Labute approximate surface area is 201 Å². The minimum Gasteiger partial charge on any atom is -0.465 e. The third-order valence-electron chi connectivity index (χ3n) is 5.50. The lowest BCUT2D eigenvalue weighted by molar-refractivity contribution is -0.147. The zero-order valence-corrected chi connectivity index (χ0v) is 19.6. The van der Waals surface area contributed by atoms with Crippen LogP contribution >= 0.6 is 0 Å². The quantitative estimate of drug-likeness (QED) is 0.480. The normalized spacial score (nSPS) is 18.6. The maximum absolute atomic E-state index is 14.8. The van der Waals surface area contributed by atoms with Gasteiger partial charge in [-0.3, -0.25) is 14.5 Å². The maximum atomic E-state index is 14.8. The first-order valence-electron chi connectivity index (χ1n) is 11.1. The Morgan fingerprint density at radius 2 is 2.00 bits per heavy atom. The van der Waals surface area contributed by atoms with Crippen LogP contribution in [-0.2, 0) is 23.8 Å². The van der Waals surface area contributed by atoms with E-state index in [4.69, 9.17) is 14.2 Å². The summed E-state index contributed by atoms with van der Waals surface area (Å²) in [6, 6.07) is 4.44. The van der Waals surface area contributed by atoms with Crippen LogP contribution in [-0.4, -0.2) is 98.8 Å². The fourth-order valence-corrected chi connectivity index (χ4v) is 3.91. The molecule has 3 rings (SSSR count). The van der Waals surface area contributed by atoms with Gasteiger partial charge < -0.3 is 34.4 Å². The van der Waals surface area contributed by atoms with Crippen molar-refractivity contribution >= 4 is 35.4 Å². The number of rotatable bonds is 9. The van der Waals surface area contributed by atoms with E-state index in [0.29, 0.717) is 32.0 Å². The van der Waals surface area contributed by atoms with Crippen LogP contribution in [0.2, 0.25) is 0 Å². The second-order valence-electron chi connectivity index (χ2n) is 8.21. The van der Waals surface area contributed by atoms with Crippen LogP contribution in [0.15, 0.2) is 18.2 Å². The number of hydrogen-bond acceptors (Lipinski definition) is 8. The predicted molar refractivity (Wildman–Crippen MR) is 121 cm³/mol. The Hall–Kier alpha value is -3.61. The number of benzene rings is 1. The molecule has 2 heterocycles. The largest absolute Gasteiger partial charge is 0.465 e. The number of hydrogen-bond donors (Lipinski definition) is 2. The smallest absolute Gasteiger partial charge is 0.414 e. The zero-order valence-electron chi connectivity index (χ0n) is 19.6. The number of cyclic esters (lactones) is 1. The molecule has 13 heteroatoms. The molecule has 2 saturated heterocycles. The molecule has 0 bridgehead atoms. The van der Waals surface area contributed by atoms with E-state index >= 15 is 0 Å². The van der Waals surface area contributed by atoms with Gasteiger partial charge in [0.15, 0.2) is 0 Å². The Balaban J connectivity index is 1.65. The van der Waals surface area contributed by atoms with Gasteiger partial charge in [-0.15, -0.1) is 0 Å². The highest BCUT2D eigenvalue weighted by molar-refractivity contribution is 5.90. The lowest BCUT2D eigenvalue weighted by Gasteiger charge is -2.29. The van der Waals surface area contributed by atoms with E-state index in [1.165, 1.54) is 24.8 Å². The van der Waals surface area contributed by atoms with Gasteiger partial charge in [0.2, 0.25) is 5.91 Å². The van der Waals surface area contributed by atoms with Crippen molar-refractivity contribution in [2.24, 2.45) is 0 Å². The van der Waals surface area contributed by atoms with Crippen molar-refractivity contribution in [3.05, 3.63) is 24.0 Å². The summed E-state index contributed by atoms with van der Waals surface area (Å²) in [6.07, 6.45) is -3.81. The van der Waals surface area contributed by atoms with Crippen molar-refractivity contribution in [1.82, 2.24) is 10.2 Å². The maximum Gasteiger partial charge on any atom is 0.414 e. The second kappa shape index (κ2) is 11.7. The van der Waals surface area contributed by atoms with Crippen LogP contribution in [0, 0.1) is 5.82 Å². The molecule has 12 nitrogen and oxygen atoms in total. The van der Waals surface area contributed by atoms with Gasteiger partial charge in [-0.2, -0.15) is 0 Å². The number of carbonyl (C=O) groups is 4. The van der Waals surface area contributed by atoms with Gasteiger partial charge in [0.1, 0.15) is 18.0 Å². The summed E-state index contributed by atoms with van der Waals surface area (Å²) >= 11 is 0. The van der Waals surface area contributed by atoms with Crippen molar-refractivity contribution in [2.45, 2.75) is 26.1 Å². The number of carboxylic acid groups (broad SMARTS) is 1. The third-order valence-corrected chi connectivity index (χ3v) is 5.50. The fourth-order valence-electron chi connectivity index (χ4n) is 3.91. The molecule has 3 amide bonds. The molecule has 2 N–H and O–H groups in total. The van der Waals surface area contributed by atoms with Gasteiger partial charge in [-0.25, -0.2) is 14.0 Å². The number of halogens is 1. The minimum atomic E-state index is -1.32. The lowest BCUT2D eigenvalue weighted by atomic mass is 10.2. The van der Waals surface area contributed by atoms with E-state index in [9.17, 15) is 28.7 Å². The highest BCUT2D eigenvalue weighted by Crippen LogP contribution is 2.28. The first-order valence-corrected chi connectivity index (χ1v) is 11.1. The molecular formula is C22H29FN4O8. The van der Waals surface area contributed by atoms with Crippen LogP contribution in [0.4, 0.5) is 25.4 Å². The summed E-state index contributed by atoms with van der Waals surface area (Å²) in [5, 5.41) is 12.1. The van der Waals surface area contributed by atoms with Gasteiger partial charge >= 0.3 is 18.2 Å². The number of esters is 1. The first kappa shape index (κ1) is 26.0. The van der Waals surface area contributed by atoms with Gasteiger partial charge in [0, 0.05) is 26.9 Å². The third kappa shape index (κ3) is 7.18. The Morgan fingerprint density at radius 1 is 1.29 bits per heavy atom. The number of carbonyl (C=O) groups excluding carboxylic acids is 3. The van der Waals surface area contributed by atoms with Crippen LogP contribution in [0.3, 0.4) is 0 Å². The highest BCUT2D eigenvalue weighted by atomic mass is 19.1. The number of anilines is 2. The lowest BCUT2D eigenvalue weighted by Crippen LogP contribution is -2.46. The Morgan fingerprint density at radius 3 is 2.60 bits per heavy atom. The van der Waals surface area contributed by atoms with Crippen molar-refractivity contribution in [3.8, 4) is 0 Å². The molecular weight excluding hydrogens is 467 g/mol. The minimum absolute atomic E-state index is 0.00286. The molecule has 0 radical (unpaired) electrons. The molecule has 2 atom stereocenters. The number of nitrogens with zero attached hydrogens (tertiary/aromatic N) is 3. The summed E-state index contributed by atoms with van der Waals surface area (Å²) in [5.74, 6) is -1.49. The standard InChI is InChI=1S/C22H29FN4O8/c1-14(28)24-10-17(34-15(2)29)11-26(21(30)31)12-18-13-27(22(32)35-18)16-3-4-20(19(23)9-16)25-5-7-33-8-6-25/h3-4,9,17-18H,5-8,10-13H2,1-2H3,(H,24,28)(H,30,31)/t17-,18-/m0/s1. The van der Waals surface area contributed by atoms with E-state index < -0.39 is 36.2 Å². The number of ether oxygens (including phenoxy) is 3. The molecule has 0 aromatic heterocycles. The highest BCUT2D eigenvalue weighted by Gasteiger charge is 2.35. The molecule has 0 aliphatic carbocycles. The Kier molecular flexibility index (Phi) is 8.68. The zero-order chi connectivity index (χ0) is 25.5. The van der Waals surface area contributed by atoms with Crippen LogP contribution < -0.4 is 15.1 Å². The van der Waals surface area contributed by atoms with Crippen LogP contribution in [0.1, 0.15) is 13.8 Å². The number of amides is 3. The molecule has 2 aliphatic rings. The number of nitrogens with one attached hydrogen (secondary N) is 1. The van der Waals surface area contributed by atoms with Crippen molar-refractivity contribution in [1.29, 1.82) is 0 Å². The number of morpholine rings is 1. The topological polar surface area (TPSA) is 138 Å². The summed E-state index contributed by atoms with van der Waals surface area (Å²) in [6.45, 7) is 4.06. The molecule has 2 fully saturated rings. The van der Waals surface area contributed by atoms with Crippen LogP contribution in [0.5, 0.6) is 0 Å². The van der Waals surface area contributed by atoms with Gasteiger partial charge in [0.25, 0.3) is 0 Å². The van der Waals surface area contributed by atoms with E-state index in [1.54, 1.807) is 12.1 Å². The van der Waals surface area contributed by atoms with Crippen molar-refractivity contribution in [2.75, 3.05) is 62.3 Å². The van der Waals surface area contributed by atoms with Gasteiger partial charge in [0.05, 0.1) is 50.8 Å². The van der Waals surface area contributed by atoms with Crippen molar-refractivity contribution < 1.29 is 42.9 Å². The SMILES string of the molecule is CC(=O)NC[C@@H](CN(C[C@H]1CN(c2ccc(N3CCOCC3)c(F)c2)C(=O)O1)C(=O)O)OC(C)=O. The van der Waals surface area contributed by atoms with Gasteiger partial charge in [-0.1, -0.05) is 0 Å². The average molecular weight is 496 g/mol. The fraction of sp³-hybridized carbons (Fsp3) is 0.545. The predicted octanol–water partition coefficient (Wildman–Crippen LogP) is 1.04. The average Bonchev–Trinajstić information content (AvgIpc) is 3.17. The molecule has 192 valence electrons. The van der Waals surface area contributed by atoms with Crippen molar-refractivity contribution in [3.63, 3.8) is 0 Å². The van der Waals surface area contributed by atoms with E-state index in [0.717, 1.165) is 4.90 Å². The van der Waals surface area contributed by atoms with E-state index in [-0.39, 0.29) is 37.8 Å². The summed E-state index contributed by atoms with van der Waals surface area (Å²) in [7, 11) is 0. The monoisotopic (exact) mass is 496 g/mol. The molecule has 1 aromatic carbocycles. The second-order valence-corrected chi connectivity index (χ2v) is 8.21. The van der Waals surface area contributed by atoms with Gasteiger partial charge in [-0.05, 0) is 18.2 Å². The molecule has 0 unspecified atom stereocenters. The summed E-state index contributed by atoms with van der Waals surface area (Å²) < 4.78 is 30.5.